The van der Waals surface area contributed by atoms with Gasteiger partial charge in [0.1, 0.15) is 23.3 Å². The van der Waals surface area contributed by atoms with Gasteiger partial charge in [-0.25, -0.2) is 38.6 Å². The molecule has 8 aromatic rings. The topological polar surface area (TPSA) is 180 Å². The Morgan fingerprint density at radius 3 is 1.48 bits per heavy atom. The highest BCUT2D eigenvalue weighted by atomic mass is 16.5. The lowest BCUT2D eigenvalue weighted by Gasteiger charge is -2.37. The molecule has 6 aromatic heterocycles. The van der Waals surface area contributed by atoms with Gasteiger partial charge < -0.3 is 30.3 Å². The number of rotatable bonds is 10. The second-order valence-electron chi connectivity index (χ2n) is 18.6. The molecule has 0 atom stereocenters. The standard InChI is InChI=1S/C26H28N6O2.C25H26N6O2/c1-26(2)10-13-31(14-11-26)23-9-5-8-22(29-23)28-21-17-20(30-32-15-12-27-24(21)32)18-6-4-7-19(16-18)25(33)34-3;1-25(2)9-12-30(13-10-25)22-8-4-7-21(28-22)27-20-16-19(29-31-14-11-26-23(20)31)17-5-3-6-18(15-17)24(32)33/h4-9,12,15-17H,10-11,13-14H2,1-3H3,(H,28,29);3-8,11,14-16H,9-10,12-13H2,1-2H3,(H,27,28)(H,32,33). The van der Waals surface area contributed by atoms with E-state index in [0.717, 1.165) is 92.1 Å². The number of fused-ring (bicyclic) bond motifs is 2. The predicted octanol–water partition coefficient (Wildman–Crippen LogP) is 9.81. The summed E-state index contributed by atoms with van der Waals surface area (Å²) in [5.41, 5.74) is 7.20. The molecule has 2 aliphatic heterocycles. The van der Waals surface area contributed by atoms with Crippen molar-refractivity contribution in [3.8, 4) is 22.5 Å². The van der Waals surface area contributed by atoms with E-state index in [-0.39, 0.29) is 11.5 Å². The van der Waals surface area contributed by atoms with Crippen LogP contribution in [0.1, 0.15) is 74.1 Å². The molecule has 0 amide bonds. The van der Waals surface area contributed by atoms with Crippen LogP contribution >= 0.6 is 0 Å². The average Bonchev–Trinajstić information content (AvgIpc) is 4.03. The van der Waals surface area contributed by atoms with Crippen molar-refractivity contribution in [3.05, 3.63) is 133 Å². The van der Waals surface area contributed by atoms with E-state index in [2.05, 4.69) is 74.4 Å². The van der Waals surface area contributed by atoms with Gasteiger partial charge in [0.2, 0.25) is 0 Å². The molecule has 0 saturated carbocycles. The van der Waals surface area contributed by atoms with E-state index in [4.69, 9.17) is 14.7 Å². The number of aromatic carboxylic acids is 1. The third-order valence-electron chi connectivity index (χ3n) is 12.6. The number of esters is 1. The number of nitrogens with zero attached hydrogens (tertiary/aromatic N) is 10. The number of hydrogen-bond acceptors (Lipinski definition) is 13. The fourth-order valence-electron chi connectivity index (χ4n) is 8.33. The number of ether oxygens (including phenoxy) is 1. The van der Waals surface area contributed by atoms with Gasteiger partial charge in [0.25, 0.3) is 0 Å². The van der Waals surface area contributed by atoms with Crippen LogP contribution in [0.25, 0.3) is 33.8 Å². The van der Waals surface area contributed by atoms with Gasteiger partial charge in [0, 0.05) is 62.1 Å². The zero-order chi connectivity index (χ0) is 46.7. The van der Waals surface area contributed by atoms with E-state index in [0.29, 0.717) is 44.6 Å². The third kappa shape index (κ3) is 10.2. The van der Waals surface area contributed by atoms with Crippen LogP contribution in [-0.2, 0) is 4.74 Å². The van der Waals surface area contributed by atoms with E-state index in [1.54, 1.807) is 64.2 Å². The van der Waals surface area contributed by atoms with Crippen LogP contribution in [0.5, 0.6) is 0 Å². The Morgan fingerprint density at radius 2 is 1.03 bits per heavy atom. The summed E-state index contributed by atoms with van der Waals surface area (Å²) in [7, 11) is 1.37. The lowest BCUT2D eigenvalue weighted by Crippen LogP contribution is -2.37. The van der Waals surface area contributed by atoms with Gasteiger partial charge in [-0.05, 0) is 97.2 Å². The van der Waals surface area contributed by atoms with Crippen LogP contribution in [0.2, 0.25) is 0 Å². The van der Waals surface area contributed by atoms with Crippen LogP contribution in [0.4, 0.5) is 34.6 Å². The molecule has 2 aromatic carbocycles. The number of piperidine rings is 2. The number of hydrogen-bond donors (Lipinski definition) is 3. The van der Waals surface area contributed by atoms with Crippen LogP contribution in [0.3, 0.4) is 0 Å². The van der Waals surface area contributed by atoms with Crippen molar-refractivity contribution in [2.75, 3.05) is 53.7 Å². The fraction of sp³-hybridized carbons (Fsp3) is 0.294. The molecule has 10 rings (SSSR count). The van der Waals surface area contributed by atoms with Gasteiger partial charge in [0.05, 0.1) is 41.0 Å². The van der Waals surface area contributed by atoms with Crippen molar-refractivity contribution in [3.63, 3.8) is 0 Å². The summed E-state index contributed by atoms with van der Waals surface area (Å²) < 4.78 is 8.26. The van der Waals surface area contributed by atoms with Gasteiger partial charge in [-0.3, -0.25) is 0 Å². The molecule has 0 aliphatic carbocycles. The van der Waals surface area contributed by atoms with Crippen LogP contribution < -0.4 is 20.4 Å². The van der Waals surface area contributed by atoms with Crippen molar-refractivity contribution < 1.29 is 19.4 Å². The zero-order valence-electron chi connectivity index (χ0n) is 38.3. The lowest BCUT2D eigenvalue weighted by atomic mass is 9.83. The molecule has 2 saturated heterocycles. The Bertz CT molecular complexity index is 3070. The van der Waals surface area contributed by atoms with Gasteiger partial charge in [0.15, 0.2) is 11.3 Å². The molecule has 2 aliphatic rings. The normalized spacial score (nSPS) is 15.4. The SMILES string of the molecule is CC1(C)CCN(c2cccc(Nc3cc(-c4cccc(C(=O)O)c4)nn4ccnc34)n2)CC1.COC(=O)c1cccc(-c2cc(Nc3cccc(N4CCC(C)(C)CC4)n3)c3nccn3n2)c1. The minimum atomic E-state index is -0.971. The molecular weight excluding hydrogens is 845 g/mol. The summed E-state index contributed by atoms with van der Waals surface area (Å²) in [5.74, 6) is 2.04. The van der Waals surface area contributed by atoms with Crippen LogP contribution in [-0.4, -0.2) is 89.5 Å². The molecule has 3 N–H and O–H groups in total. The number of anilines is 6. The Hall–Kier alpha value is -7.88. The fourth-order valence-corrected chi connectivity index (χ4v) is 8.33. The quantitative estimate of drug-likeness (QED) is 0.110. The number of nitrogens with one attached hydrogen (secondary N) is 2. The maximum atomic E-state index is 12.0. The number of benzene rings is 2. The van der Waals surface area contributed by atoms with E-state index >= 15 is 0 Å². The van der Waals surface area contributed by atoms with Crippen molar-refractivity contribution >= 4 is 57.9 Å². The largest absolute Gasteiger partial charge is 0.478 e. The number of carboxylic acids is 1. The number of pyridine rings is 2. The highest BCUT2D eigenvalue weighted by Crippen LogP contribution is 2.35. The minimum absolute atomic E-state index is 0.216. The summed E-state index contributed by atoms with van der Waals surface area (Å²) >= 11 is 0. The second kappa shape index (κ2) is 18.5. The molecule has 0 bridgehead atoms. The van der Waals surface area contributed by atoms with E-state index in [1.807, 2.05) is 60.7 Å². The molecule has 16 nitrogen and oxygen atoms in total. The number of carboxylic acid groups (broad SMARTS) is 1. The highest BCUT2D eigenvalue weighted by molar-refractivity contribution is 5.91. The van der Waals surface area contributed by atoms with Crippen molar-refractivity contribution in [2.45, 2.75) is 53.4 Å². The molecular formula is C51H54N12O4. The molecule has 2 fully saturated rings. The van der Waals surface area contributed by atoms with Crippen molar-refractivity contribution in [1.82, 2.24) is 39.2 Å². The Balaban J connectivity index is 0.000000168. The van der Waals surface area contributed by atoms with Crippen LogP contribution in [0, 0.1) is 10.8 Å². The highest BCUT2D eigenvalue weighted by Gasteiger charge is 2.27. The van der Waals surface area contributed by atoms with E-state index < -0.39 is 5.97 Å². The first-order valence-electron chi connectivity index (χ1n) is 22.5. The predicted molar refractivity (Wildman–Crippen MR) is 261 cm³/mol. The van der Waals surface area contributed by atoms with Crippen molar-refractivity contribution in [1.29, 1.82) is 0 Å². The van der Waals surface area contributed by atoms with Gasteiger partial charge in [-0.1, -0.05) is 64.1 Å². The summed E-state index contributed by atoms with van der Waals surface area (Å²) in [4.78, 5) is 46.7. The van der Waals surface area contributed by atoms with Gasteiger partial charge in [-0.15, -0.1) is 0 Å². The molecule has 0 unspecified atom stereocenters. The molecule has 342 valence electrons. The summed E-state index contributed by atoms with van der Waals surface area (Å²) in [6.07, 6.45) is 11.6. The van der Waals surface area contributed by atoms with Gasteiger partial charge in [-0.2, -0.15) is 10.2 Å². The third-order valence-corrected chi connectivity index (χ3v) is 12.6. The number of carbonyl (C=O) groups is 2. The molecule has 67 heavy (non-hydrogen) atoms. The Morgan fingerprint density at radius 1 is 0.597 bits per heavy atom. The Kier molecular flexibility index (Phi) is 12.3. The van der Waals surface area contributed by atoms with E-state index in [9.17, 15) is 14.7 Å². The first-order chi connectivity index (χ1) is 32.3. The van der Waals surface area contributed by atoms with Gasteiger partial charge >= 0.3 is 11.9 Å². The number of carbonyl (C=O) groups excluding carboxylic acids is 1. The Labute approximate surface area is 388 Å². The van der Waals surface area contributed by atoms with Crippen LogP contribution in [0.15, 0.2) is 122 Å². The van der Waals surface area contributed by atoms with E-state index in [1.165, 1.54) is 7.11 Å². The second-order valence-corrected chi connectivity index (χ2v) is 18.6. The summed E-state index contributed by atoms with van der Waals surface area (Å²) in [6, 6.07) is 29.8. The number of methoxy groups -OCH3 is 1. The first-order valence-corrected chi connectivity index (χ1v) is 22.5. The maximum absolute atomic E-state index is 12.0. The smallest absolute Gasteiger partial charge is 0.337 e. The minimum Gasteiger partial charge on any atom is -0.478 e. The zero-order valence-corrected chi connectivity index (χ0v) is 38.3. The first kappa shape index (κ1) is 44.3. The molecule has 16 heteroatoms. The van der Waals surface area contributed by atoms with Crippen molar-refractivity contribution in [2.24, 2.45) is 10.8 Å². The molecule has 8 heterocycles. The number of imidazole rings is 2. The summed E-state index contributed by atoms with van der Waals surface area (Å²) in [5, 5.41) is 25.5. The lowest BCUT2D eigenvalue weighted by molar-refractivity contribution is 0.0599. The average molecular weight is 899 g/mol. The number of aromatic nitrogens is 8. The molecule has 0 radical (unpaired) electrons. The monoisotopic (exact) mass is 898 g/mol. The maximum Gasteiger partial charge on any atom is 0.337 e. The molecule has 0 spiro atoms. The summed E-state index contributed by atoms with van der Waals surface area (Å²) in [6.45, 7) is 13.3.